The predicted molar refractivity (Wildman–Crippen MR) is 78.1 cm³/mol. The molecule has 20 heavy (non-hydrogen) atoms. The number of nitrogens with one attached hydrogen (secondary N) is 1. The van der Waals surface area contributed by atoms with Gasteiger partial charge >= 0.3 is 0 Å². The average molecular weight is 295 g/mol. The molecule has 2 aliphatic heterocycles. The summed E-state index contributed by atoms with van der Waals surface area (Å²) in [4.78, 5) is 14.4. The summed E-state index contributed by atoms with van der Waals surface area (Å²) in [6, 6.07) is 7.23. The first-order valence-corrected chi connectivity index (χ1v) is 7.47. The van der Waals surface area contributed by atoms with Crippen molar-refractivity contribution in [2.75, 3.05) is 32.8 Å². The first-order valence-electron chi connectivity index (χ1n) is 7.09. The van der Waals surface area contributed by atoms with Crippen LogP contribution in [0.25, 0.3) is 0 Å². The van der Waals surface area contributed by atoms with E-state index >= 15 is 0 Å². The van der Waals surface area contributed by atoms with E-state index in [0.29, 0.717) is 10.6 Å². The van der Waals surface area contributed by atoms with Crippen LogP contribution in [0.15, 0.2) is 24.3 Å². The lowest BCUT2D eigenvalue weighted by atomic mass is 9.89. The molecule has 1 aromatic carbocycles. The van der Waals surface area contributed by atoms with Gasteiger partial charge in [-0.3, -0.25) is 4.79 Å². The lowest BCUT2D eigenvalue weighted by molar-refractivity contribution is -0.0954. The zero-order valence-electron chi connectivity index (χ0n) is 11.4. The van der Waals surface area contributed by atoms with Crippen LogP contribution < -0.4 is 5.32 Å². The molecule has 0 atom stereocenters. The van der Waals surface area contributed by atoms with Crippen LogP contribution in [0, 0.1) is 0 Å². The van der Waals surface area contributed by atoms with Gasteiger partial charge < -0.3 is 15.0 Å². The van der Waals surface area contributed by atoms with E-state index in [1.807, 2.05) is 17.0 Å². The normalized spacial score (nSPS) is 21.9. The molecule has 4 nitrogen and oxygen atoms in total. The van der Waals surface area contributed by atoms with Gasteiger partial charge in [-0.05, 0) is 25.0 Å². The van der Waals surface area contributed by atoms with E-state index in [1.165, 1.54) is 0 Å². The number of amides is 1. The molecule has 0 saturated carbocycles. The molecule has 108 valence electrons. The smallest absolute Gasteiger partial charge is 0.255 e. The molecule has 0 aromatic heterocycles. The summed E-state index contributed by atoms with van der Waals surface area (Å²) in [7, 11) is 0. The highest BCUT2D eigenvalue weighted by Crippen LogP contribution is 2.29. The van der Waals surface area contributed by atoms with Crippen LogP contribution in [0.5, 0.6) is 0 Å². The Kier molecular flexibility index (Phi) is 3.96. The van der Waals surface area contributed by atoms with Gasteiger partial charge in [0.05, 0.1) is 22.8 Å². The van der Waals surface area contributed by atoms with E-state index < -0.39 is 0 Å². The molecular formula is C15H19ClN2O2. The molecule has 0 radical (unpaired) electrons. The Balaban J connectivity index is 1.66. The van der Waals surface area contributed by atoms with E-state index in [-0.39, 0.29) is 11.5 Å². The quantitative estimate of drug-likeness (QED) is 0.860. The second-order valence-electron chi connectivity index (χ2n) is 5.48. The van der Waals surface area contributed by atoms with Gasteiger partial charge in [-0.1, -0.05) is 23.7 Å². The summed E-state index contributed by atoms with van der Waals surface area (Å²) >= 11 is 6.10. The molecule has 0 aliphatic carbocycles. The van der Waals surface area contributed by atoms with Gasteiger partial charge in [-0.25, -0.2) is 0 Å². The van der Waals surface area contributed by atoms with E-state index in [2.05, 4.69) is 5.32 Å². The molecule has 0 bridgehead atoms. The van der Waals surface area contributed by atoms with Crippen molar-refractivity contribution in [1.82, 2.24) is 10.2 Å². The van der Waals surface area contributed by atoms with Gasteiger partial charge in [0.2, 0.25) is 0 Å². The van der Waals surface area contributed by atoms with Crippen molar-refractivity contribution in [2.45, 2.75) is 18.4 Å². The third-order valence-corrected chi connectivity index (χ3v) is 4.53. The Morgan fingerprint density at radius 1 is 1.30 bits per heavy atom. The average Bonchev–Trinajstić information content (AvgIpc) is 2.49. The number of hydrogen-bond acceptors (Lipinski definition) is 3. The van der Waals surface area contributed by atoms with Crippen LogP contribution in [0.3, 0.4) is 0 Å². The van der Waals surface area contributed by atoms with Crippen LogP contribution in [0.4, 0.5) is 0 Å². The number of nitrogens with zero attached hydrogens (tertiary/aromatic N) is 1. The SMILES string of the molecule is O=C(c1ccccc1Cl)N1CCC2(CC1)CNCCO2. The van der Waals surface area contributed by atoms with E-state index in [0.717, 1.165) is 45.6 Å². The minimum absolute atomic E-state index is 0.0224. The number of benzene rings is 1. The number of rotatable bonds is 1. The molecule has 2 saturated heterocycles. The van der Waals surface area contributed by atoms with Gasteiger partial charge in [-0.15, -0.1) is 0 Å². The Hall–Kier alpha value is -1.10. The van der Waals surface area contributed by atoms with Crippen LogP contribution in [0.1, 0.15) is 23.2 Å². The van der Waals surface area contributed by atoms with Crippen LogP contribution in [-0.2, 0) is 4.74 Å². The van der Waals surface area contributed by atoms with Gasteiger partial charge in [-0.2, -0.15) is 0 Å². The molecule has 2 heterocycles. The molecule has 1 aromatic rings. The summed E-state index contributed by atoms with van der Waals surface area (Å²) in [6.07, 6.45) is 1.77. The van der Waals surface area contributed by atoms with Crippen molar-refractivity contribution in [2.24, 2.45) is 0 Å². The minimum Gasteiger partial charge on any atom is -0.372 e. The monoisotopic (exact) mass is 294 g/mol. The van der Waals surface area contributed by atoms with Crippen molar-refractivity contribution in [1.29, 1.82) is 0 Å². The fourth-order valence-corrected chi connectivity index (χ4v) is 3.17. The van der Waals surface area contributed by atoms with E-state index in [1.54, 1.807) is 12.1 Å². The minimum atomic E-state index is -0.0739. The van der Waals surface area contributed by atoms with E-state index in [9.17, 15) is 4.79 Å². The largest absolute Gasteiger partial charge is 0.372 e. The van der Waals surface area contributed by atoms with Crippen LogP contribution >= 0.6 is 11.6 Å². The standard InChI is InChI=1S/C15H19ClN2O2/c16-13-4-2-1-3-12(13)14(19)18-8-5-15(6-9-18)11-17-7-10-20-15/h1-4,17H,5-11H2. The molecule has 1 spiro atoms. The summed E-state index contributed by atoms with van der Waals surface area (Å²) in [5.41, 5.74) is 0.517. The fourth-order valence-electron chi connectivity index (χ4n) is 2.95. The van der Waals surface area contributed by atoms with Crippen molar-refractivity contribution in [3.8, 4) is 0 Å². The maximum Gasteiger partial charge on any atom is 0.255 e. The number of likely N-dealkylation sites (tertiary alicyclic amines) is 1. The third kappa shape index (κ3) is 2.68. The molecule has 1 N–H and O–H groups in total. The van der Waals surface area contributed by atoms with Gasteiger partial charge in [0.15, 0.2) is 0 Å². The second kappa shape index (κ2) is 5.72. The fraction of sp³-hybridized carbons (Fsp3) is 0.533. The molecule has 2 fully saturated rings. The Morgan fingerprint density at radius 2 is 2.05 bits per heavy atom. The molecule has 1 amide bonds. The Morgan fingerprint density at radius 3 is 2.70 bits per heavy atom. The molecule has 5 heteroatoms. The van der Waals surface area contributed by atoms with Gasteiger partial charge in [0, 0.05) is 26.2 Å². The topological polar surface area (TPSA) is 41.6 Å². The Bertz CT molecular complexity index is 490. The second-order valence-corrected chi connectivity index (χ2v) is 5.89. The highest BCUT2D eigenvalue weighted by atomic mass is 35.5. The summed E-state index contributed by atoms with van der Waals surface area (Å²) in [5, 5.41) is 3.90. The van der Waals surface area contributed by atoms with Crippen molar-refractivity contribution in [3.63, 3.8) is 0 Å². The lowest BCUT2D eigenvalue weighted by Gasteiger charge is -2.44. The molecule has 2 aliphatic rings. The lowest BCUT2D eigenvalue weighted by Crippen LogP contribution is -2.56. The third-order valence-electron chi connectivity index (χ3n) is 4.20. The first-order chi connectivity index (χ1) is 9.70. The first kappa shape index (κ1) is 13.9. The van der Waals surface area contributed by atoms with Crippen molar-refractivity contribution >= 4 is 17.5 Å². The number of hydrogen-bond donors (Lipinski definition) is 1. The number of morpholine rings is 1. The number of carbonyl (C=O) groups excluding carboxylic acids is 1. The highest BCUT2D eigenvalue weighted by molar-refractivity contribution is 6.33. The van der Waals surface area contributed by atoms with E-state index in [4.69, 9.17) is 16.3 Å². The maximum absolute atomic E-state index is 12.5. The number of piperidine rings is 1. The molecule has 3 rings (SSSR count). The maximum atomic E-state index is 12.5. The Labute approximate surface area is 124 Å². The predicted octanol–water partition coefficient (Wildman–Crippen LogP) is 1.93. The van der Waals surface area contributed by atoms with Crippen molar-refractivity contribution in [3.05, 3.63) is 34.9 Å². The highest BCUT2D eigenvalue weighted by Gasteiger charge is 2.38. The summed E-state index contributed by atoms with van der Waals surface area (Å²) in [6.45, 7) is 4.03. The number of halogens is 1. The zero-order valence-corrected chi connectivity index (χ0v) is 12.2. The summed E-state index contributed by atoms with van der Waals surface area (Å²) in [5.74, 6) is 0.0224. The zero-order chi connectivity index (χ0) is 14.0. The van der Waals surface area contributed by atoms with Gasteiger partial charge in [0.25, 0.3) is 5.91 Å². The van der Waals surface area contributed by atoms with Crippen LogP contribution in [-0.4, -0.2) is 49.2 Å². The summed E-state index contributed by atoms with van der Waals surface area (Å²) < 4.78 is 5.94. The van der Waals surface area contributed by atoms with Crippen LogP contribution in [0.2, 0.25) is 5.02 Å². The van der Waals surface area contributed by atoms with Crippen molar-refractivity contribution < 1.29 is 9.53 Å². The van der Waals surface area contributed by atoms with Gasteiger partial charge in [0.1, 0.15) is 0 Å². The molecular weight excluding hydrogens is 276 g/mol. The number of ether oxygens (including phenoxy) is 1. The molecule has 0 unspecified atom stereocenters. The number of carbonyl (C=O) groups is 1.